The lowest BCUT2D eigenvalue weighted by molar-refractivity contribution is -0.384. The van der Waals surface area contributed by atoms with Gasteiger partial charge in [-0.05, 0) is 44.8 Å². The number of nitro groups is 1. The zero-order chi connectivity index (χ0) is 22.4. The van der Waals surface area contributed by atoms with Crippen molar-refractivity contribution in [1.29, 1.82) is 0 Å². The second-order valence-corrected chi connectivity index (χ2v) is 8.02. The Morgan fingerprint density at radius 1 is 1.23 bits per heavy atom. The fourth-order valence-electron chi connectivity index (χ4n) is 2.90. The van der Waals surface area contributed by atoms with E-state index in [1.165, 1.54) is 29.5 Å². The van der Waals surface area contributed by atoms with Crippen molar-refractivity contribution in [3.63, 3.8) is 0 Å². The molecule has 31 heavy (non-hydrogen) atoms. The molecule has 8 nitrogen and oxygen atoms in total. The lowest BCUT2D eigenvalue weighted by atomic mass is 10.2. The standard InChI is InChI=1S/C22H24N4O4S/c1-4-30-18-9-6-10-19-21(18)23-22(31-19)25(14-13-24(2)3)20(27)12-11-16-7-5-8-17(15-16)26(28)29/h5-12,15H,4,13-14H2,1-3H3/b12-11+. The molecule has 0 saturated carbocycles. The number of rotatable bonds is 9. The molecule has 2 aromatic carbocycles. The number of anilines is 1. The number of likely N-dealkylation sites (N-methyl/N-ethyl adjacent to an activating group) is 1. The van der Waals surface area contributed by atoms with E-state index in [0.717, 1.165) is 10.2 Å². The van der Waals surface area contributed by atoms with E-state index in [-0.39, 0.29) is 11.6 Å². The molecule has 0 radical (unpaired) electrons. The average Bonchev–Trinajstić information content (AvgIpc) is 3.17. The number of thiazole rings is 1. The summed E-state index contributed by atoms with van der Waals surface area (Å²) in [5.41, 5.74) is 1.29. The predicted molar refractivity (Wildman–Crippen MR) is 124 cm³/mol. The van der Waals surface area contributed by atoms with Gasteiger partial charge in [0.05, 0.1) is 16.2 Å². The van der Waals surface area contributed by atoms with Crippen LogP contribution in [0.4, 0.5) is 10.8 Å². The number of hydrogen-bond acceptors (Lipinski definition) is 7. The third-order valence-corrected chi connectivity index (χ3v) is 5.48. The predicted octanol–water partition coefficient (Wildman–Crippen LogP) is 4.21. The Bertz CT molecular complexity index is 1110. The fraction of sp³-hybridized carbons (Fsp3) is 0.273. The minimum atomic E-state index is -0.459. The Labute approximate surface area is 184 Å². The van der Waals surface area contributed by atoms with Crippen molar-refractivity contribution in [2.45, 2.75) is 6.92 Å². The number of carbonyl (C=O) groups excluding carboxylic acids is 1. The third kappa shape index (κ3) is 5.65. The number of nitrogens with zero attached hydrogens (tertiary/aromatic N) is 4. The second kappa shape index (κ2) is 10.1. The van der Waals surface area contributed by atoms with Crippen LogP contribution in [0.3, 0.4) is 0 Å². The number of non-ortho nitro benzene ring substituents is 1. The first-order valence-corrected chi connectivity index (χ1v) is 10.6. The van der Waals surface area contributed by atoms with Crippen LogP contribution in [0, 0.1) is 10.1 Å². The summed E-state index contributed by atoms with van der Waals surface area (Å²) >= 11 is 1.43. The van der Waals surface area contributed by atoms with Gasteiger partial charge in [0, 0.05) is 31.3 Å². The summed E-state index contributed by atoms with van der Waals surface area (Å²) in [5.74, 6) is 0.444. The van der Waals surface area contributed by atoms with Crippen LogP contribution >= 0.6 is 11.3 Å². The van der Waals surface area contributed by atoms with Gasteiger partial charge in [-0.1, -0.05) is 29.5 Å². The zero-order valence-corrected chi connectivity index (χ0v) is 18.5. The van der Waals surface area contributed by atoms with E-state index in [4.69, 9.17) is 4.74 Å². The highest BCUT2D eigenvalue weighted by Gasteiger charge is 2.19. The van der Waals surface area contributed by atoms with Gasteiger partial charge >= 0.3 is 0 Å². The monoisotopic (exact) mass is 440 g/mol. The molecule has 1 amide bonds. The second-order valence-electron chi connectivity index (χ2n) is 7.01. The quantitative estimate of drug-likeness (QED) is 0.281. The van der Waals surface area contributed by atoms with E-state index < -0.39 is 4.92 Å². The largest absolute Gasteiger partial charge is 0.492 e. The Kier molecular flexibility index (Phi) is 7.32. The van der Waals surface area contributed by atoms with Crippen LogP contribution in [0.2, 0.25) is 0 Å². The molecule has 0 aliphatic carbocycles. The van der Waals surface area contributed by atoms with Gasteiger partial charge in [0.15, 0.2) is 5.13 Å². The van der Waals surface area contributed by atoms with Crippen molar-refractivity contribution in [2.75, 3.05) is 38.7 Å². The highest BCUT2D eigenvalue weighted by Crippen LogP contribution is 2.34. The Hall–Kier alpha value is -3.30. The van der Waals surface area contributed by atoms with E-state index in [1.807, 2.05) is 44.1 Å². The van der Waals surface area contributed by atoms with Crippen molar-refractivity contribution >= 4 is 44.4 Å². The smallest absolute Gasteiger partial charge is 0.270 e. The summed E-state index contributed by atoms with van der Waals surface area (Å²) in [7, 11) is 3.88. The Morgan fingerprint density at radius 2 is 2.00 bits per heavy atom. The van der Waals surface area contributed by atoms with E-state index >= 15 is 0 Å². The maximum atomic E-state index is 13.1. The number of para-hydroxylation sites is 1. The molecule has 0 unspecified atom stereocenters. The van der Waals surface area contributed by atoms with Crippen LogP contribution in [0.5, 0.6) is 5.75 Å². The number of benzene rings is 2. The van der Waals surface area contributed by atoms with Gasteiger partial charge in [-0.25, -0.2) is 4.98 Å². The highest BCUT2D eigenvalue weighted by molar-refractivity contribution is 7.22. The normalized spacial score (nSPS) is 11.4. The molecule has 0 atom stereocenters. The lowest BCUT2D eigenvalue weighted by Crippen LogP contribution is -2.35. The number of ether oxygens (including phenoxy) is 1. The van der Waals surface area contributed by atoms with Gasteiger partial charge in [-0.3, -0.25) is 19.8 Å². The Balaban J connectivity index is 1.91. The topological polar surface area (TPSA) is 88.8 Å². The number of carbonyl (C=O) groups is 1. The van der Waals surface area contributed by atoms with E-state index in [2.05, 4.69) is 4.98 Å². The van der Waals surface area contributed by atoms with Gasteiger partial charge in [0.2, 0.25) is 0 Å². The molecule has 9 heteroatoms. The number of amides is 1. The first-order valence-electron chi connectivity index (χ1n) is 9.80. The molecule has 1 heterocycles. The maximum Gasteiger partial charge on any atom is 0.270 e. The van der Waals surface area contributed by atoms with Crippen LogP contribution in [0.25, 0.3) is 16.3 Å². The zero-order valence-electron chi connectivity index (χ0n) is 17.6. The SMILES string of the molecule is CCOc1cccc2sc(N(CCN(C)C)C(=O)/C=C/c3cccc([N+](=O)[O-])c3)nc12. The minimum Gasteiger partial charge on any atom is -0.492 e. The number of aromatic nitrogens is 1. The first kappa shape index (κ1) is 22.4. The summed E-state index contributed by atoms with van der Waals surface area (Å²) < 4.78 is 6.61. The molecule has 162 valence electrons. The van der Waals surface area contributed by atoms with E-state index in [9.17, 15) is 14.9 Å². The van der Waals surface area contributed by atoms with Crippen molar-refractivity contribution < 1.29 is 14.5 Å². The summed E-state index contributed by atoms with van der Waals surface area (Å²) in [6.07, 6.45) is 3.00. The molecule has 0 aliphatic heterocycles. The van der Waals surface area contributed by atoms with Crippen molar-refractivity contribution in [2.24, 2.45) is 0 Å². The van der Waals surface area contributed by atoms with Crippen LogP contribution in [0.1, 0.15) is 12.5 Å². The van der Waals surface area contributed by atoms with E-state index in [1.54, 1.807) is 23.1 Å². The summed E-state index contributed by atoms with van der Waals surface area (Å²) in [6, 6.07) is 11.9. The molecule has 0 aliphatic rings. The number of fused-ring (bicyclic) bond motifs is 1. The van der Waals surface area contributed by atoms with Gasteiger partial charge in [0.1, 0.15) is 11.3 Å². The van der Waals surface area contributed by atoms with Crippen molar-refractivity contribution in [3.05, 3.63) is 64.2 Å². The molecular weight excluding hydrogens is 416 g/mol. The van der Waals surface area contributed by atoms with Gasteiger partial charge in [-0.2, -0.15) is 0 Å². The van der Waals surface area contributed by atoms with Gasteiger partial charge in [0.25, 0.3) is 11.6 Å². The minimum absolute atomic E-state index is 0.0197. The molecule has 1 aromatic heterocycles. The van der Waals surface area contributed by atoms with Gasteiger partial charge < -0.3 is 9.64 Å². The average molecular weight is 441 g/mol. The molecule has 3 aromatic rings. The summed E-state index contributed by atoms with van der Waals surface area (Å²) in [6.45, 7) is 3.55. The van der Waals surface area contributed by atoms with E-state index in [0.29, 0.717) is 36.1 Å². The fourth-order valence-corrected chi connectivity index (χ4v) is 3.91. The Morgan fingerprint density at radius 3 is 2.71 bits per heavy atom. The summed E-state index contributed by atoms with van der Waals surface area (Å²) in [5, 5.41) is 11.6. The van der Waals surface area contributed by atoms with Gasteiger partial charge in [-0.15, -0.1) is 0 Å². The molecular formula is C22H24N4O4S. The maximum absolute atomic E-state index is 13.1. The number of nitro benzene ring substituents is 1. The first-order chi connectivity index (χ1) is 14.9. The molecule has 0 bridgehead atoms. The third-order valence-electron chi connectivity index (χ3n) is 4.44. The molecule has 0 saturated heterocycles. The molecule has 0 spiro atoms. The molecule has 0 fully saturated rings. The van der Waals surface area contributed by atoms with Crippen molar-refractivity contribution in [1.82, 2.24) is 9.88 Å². The van der Waals surface area contributed by atoms with Crippen LogP contribution in [-0.2, 0) is 4.79 Å². The van der Waals surface area contributed by atoms with Crippen LogP contribution < -0.4 is 9.64 Å². The lowest BCUT2D eigenvalue weighted by Gasteiger charge is -2.20. The summed E-state index contributed by atoms with van der Waals surface area (Å²) in [4.78, 5) is 31.9. The van der Waals surface area contributed by atoms with Crippen LogP contribution in [-0.4, -0.2) is 54.5 Å². The molecule has 0 N–H and O–H groups in total. The number of hydrogen-bond donors (Lipinski definition) is 0. The highest BCUT2D eigenvalue weighted by atomic mass is 32.1. The molecule has 3 rings (SSSR count). The van der Waals surface area contributed by atoms with Crippen LogP contribution in [0.15, 0.2) is 48.5 Å². The van der Waals surface area contributed by atoms with Crippen molar-refractivity contribution in [3.8, 4) is 5.75 Å².